The molecule has 1 saturated carbocycles. The molecule has 0 radical (unpaired) electrons. The summed E-state index contributed by atoms with van der Waals surface area (Å²) in [7, 11) is 0. The molecule has 1 N–H and O–H groups in total. The summed E-state index contributed by atoms with van der Waals surface area (Å²) in [6.45, 7) is 2.32. The zero-order valence-corrected chi connectivity index (χ0v) is 9.37. The third kappa shape index (κ3) is 1.35. The van der Waals surface area contributed by atoms with Crippen LogP contribution in [0.1, 0.15) is 12.0 Å². The normalized spacial score (nSPS) is 33.4. The first kappa shape index (κ1) is 10.3. The van der Waals surface area contributed by atoms with Gasteiger partial charge in [0.2, 0.25) is 0 Å². The second-order valence-corrected chi connectivity index (χ2v) is 4.63. The topological polar surface area (TPSA) is 12.0 Å². The van der Waals surface area contributed by atoms with Gasteiger partial charge in [0.15, 0.2) is 0 Å². The quantitative estimate of drug-likeness (QED) is 0.781. The van der Waals surface area contributed by atoms with Crippen molar-refractivity contribution in [2.24, 2.45) is 5.92 Å². The van der Waals surface area contributed by atoms with E-state index in [0.29, 0.717) is 5.41 Å². The van der Waals surface area contributed by atoms with Crippen LogP contribution in [0.3, 0.4) is 0 Å². The Hall–Kier alpha value is -0.240. The first-order valence-electron chi connectivity index (χ1n) is 4.78. The van der Waals surface area contributed by atoms with E-state index >= 15 is 0 Å². The molecule has 3 rings (SSSR count). The molecule has 1 saturated heterocycles. The average molecular weight is 230 g/mol. The Morgan fingerprint density at radius 1 is 1.43 bits per heavy atom. The summed E-state index contributed by atoms with van der Waals surface area (Å²) in [4.78, 5) is 0. The lowest BCUT2D eigenvalue weighted by atomic mass is 9.95. The first-order chi connectivity index (χ1) is 6.31. The van der Waals surface area contributed by atoms with Gasteiger partial charge in [-0.25, -0.2) is 0 Å². The highest BCUT2D eigenvalue weighted by Crippen LogP contribution is 2.56. The van der Waals surface area contributed by atoms with Crippen LogP contribution in [-0.4, -0.2) is 13.1 Å². The number of hydrogen-bond acceptors (Lipinski definition) is 1. The zero-order valence-electron chi connectivity index (χ0n) is 7.79. The van der Waals surface area contributed by atoms with E-state index in [1.165, 1.54) is 18.5 Å². The summed E-state index contributed by atoms with van der Waals surface area (Å²) in [5, 5.41) is 4.30. The van der Waals surface area contributed by atoms with Crippen LogP contribution in [0.25, 0.3) is 0 Å². The monoisotopic (exact) mass is 229 g/mol. The maximum absolute atomic E-state index is 5.98. The Balaban J connectivity index is 0.000000750. The van der Waals surface area contributed by atoms with Gasteiger partial charge >= 0.3 is 0 Å². The Kier molecular flexibility index (Phi) is 2.50. The van der Waals surface area contributed by atoms with Crippen LogP contribution in [0, 0.1) is 5.92 Å². The van der Waals surface area contributed by atoms with Crippen molar-refractivity contribution in [1.82, 2.24) is 5.32 Å². The standard InChI is InChI=1S/C11H12ClN.ClH/c12-10-3-1-2-8(4-10)11-5-9(11)6-13-7-11;/h1-4,9,13H,5-7H2;1H. The molecule has 3 heteroatoms. The smallest absolute Gasteiger partial charge is 0.0408 e. The van der Waals surface area contributed by atoms with E-state index in [2.05, 4.69) is 23.5 Å². The minimum absolute atomic E-state index is 0. The SMILES string of the molecule is Cl.Clc1cccc(C23CNCC2C3)c1. The van der Waals surface area contributed by atoms with Crippen LogP contribution in [0.5, 0.6) is 0 Å². The third-order valence-corrected chi connectivity index (χ3v) is 3.70. The molecule has 1 heterocycles. The molecular formula is C11H13Cl2N. The van der Waals surface area contributed by atoms with Crippen molar-refractivity contribution in [3.8, 4) is 0 Å². The summed E-state index contributed by atoms with van der Waals surface area (Å²) in [6, 6.07) is 8.33. The van der Waals surface area contributed by atoms with Gasteiger partial charge in [-0.05, 0) is 36.6 Å². The third-order valence-electron chi connectivity index (χ3n) is 3.46. The van der Waals surface area contributed by atoms with Gasteiger partial charge in [-0.1, -0.05) is 23.7 Å². The Bertz CT molecular complexity index is 353. The highest BCUT2D eigenvalue weighted by molar-refractivity contribution is 6.30. The van der Waals surface area contributed by atoms with Crippen molar-refractivity contribution in [1.29, 1.82) is 0 Å². The van der Waals surface area contributed by atoms with Crippen LogP contribution in [-0.2, 0) is 5.41 Å². The Morgan fingerprint density at radius 2 is 2.29 bits per heavy atom. The fourth-order valence-corrected chi connectivity index (χ4v) is 2.78. The van der Waals surface area contributed by atoms with E-state index < -0.39 is 0 Å². The highest BCUT2D eigenvalue weighted by atomic mass is 35.5. The molecule has 1 aliphatic heterocycles. The van der Waals surface area contributed by atoms with Crippen molar-refractivity contribution < 1.29 is 0 Å². The molecule has 2 fully saturated rings. The predicted molar refractivity (Wildman–Crippen MR) is 61.4 cm³/mol. The second kappa shape index (κ2) is 3.41. The molecule has 0 aromatic heterocycles. The van der Waals surface area contributed by atoms with Crippen LogP contribution < -0.4 is 5.32 Å². The molecule has 14 heavy (non-hydrogen) atoms. The van der Waals surface area contributed by atoms with E-state index in [1.807, 2.05) is 6.07 Å². The van der Waals surface area contributed by atoms with Gasteiger partial charge in [0.1, 0.15) is 0 Å². The zero-order chi connectivity index (χ0) is 8.89. The lowest BCUT2D eigenvalue weighted by Gasteiger charge is -2.11. The lowest BCUT2D eigenvalue weighted by molar-refractivity contribution is 0.676. The second-order valence-electron chi connectivity index (χ2n) is 4.20. The molecule has 1 nitrogen and oxygen atoms in total. The van der Waals surface area contributed by atoms with Crippen LogP contribution in [0.2, 0.25) is 5.02 Å². The van der Waals surface area contributed by atoms with E-state index in [4.69, 9.17) is 11.6 Å². The van der Waals surface area contributed by atoms with E-state index in [-0.39, 0.29) is 12.4 Å². The van der Waals surface area contributed by atoms with Crippen molar-refractivity contribution >= 4 is 24.0 Å². The number of rotatable bonds is 1. The molecule has 1 aromatic rings. The summed E-state index contributed by atoms with van der Waals surface area (Å²) in [6.07, 6.45) is 1.35. The van der Waals surface area contributed by atoms with Crippen LogP contribution in [0.15, 0.2) is 24.3 Å². The number of fused-ring (bicyclic) bond motifs is 1. The molecule has 76 valence electrons. The van der Waals surface area contributed by atoms with Crippen molar-refractivity contribution in [3.05, 3.63) is 34.9 Å². The largest absolute Gasteiger partial charge is 0.316 e. The summed E-state index contributed by atoms with van der Waals surface area (Å²) in [5.41, 5.74) is 1.88. The molecule has 2 unspecified atom stereocenters. The highest BCUT2D eigenvalue weighted by Gasteiger charge is 2.57. The molecule has 0 amide bonds. The van der Waals surface area contributed by atoms with Gasteiger partial charge in [0.05, 0.1) is 0 Å². The molecule has 2 atom stereocenters. The molecule has 2 aliphatic rings. The van der Waals surface area contributed by atoms with Crippen molar-refractivity contribution in [3.63, 3.8) is 0 Å². The fraction of sp³-hybridized carbons (Fsp3) is 0.455. The average Bonchev–Trinajstić information content (AvgIpc) is 2.70. The van der Waals surface area contributed by atoms with E-state index in [0.717, 1.165) is 17.5 Å². The molecule has 0 bridgehead atoms. The van der Waals surface area contributed by atoms with Crippen LogP contribution >= 0.6 is 24.0 Å². The number of halogens is 2. The van der Waals surface area contributed by atoms with Crippen LogP contribution in [0.4, 0.5) is 0 Å². The first-order valence-corrected chi connectivity index (χ1v) is 5.16. The predicted octanol–water partition coefficient (Wildman–Crippen LogP) is 2.62. The number of nitrogens with one attached hydrogen (secondary N) is 1. The van der Waals surface area contributed by atoms with Gasteiger partial charge in [-0.3, -0.25) is 0 Å². The number of hydrogen-bond donors (Lipinski definition) is 1. The van der Waals surface area contributed by atoms with E-state index in [9.17, 15) is 0 Å². The van der Waals surface area contributed by atoms with Gasteiger partial charge in [0.25, 0.3) is 0 Å². The van der Waals surface area contributed by atoms with Gasteiger partial charge in [0, 0.05) is 17.0 Å². The van der Waals surface area contributed by atoms with Gasteiger partial charge in [-0.15, -0.1) is 12.4 Å². The molecule has 1 aliphatic carbocycles. The minimum Gasteiger partial charge on any atom is -0.316 e. The summed E-state index contributed by atoms with van der Waals surface area (Å²) < 4.78 is 0. The minimum atomic E-state index is 0. The molecule has 0 spiro atoms. The summed E-state index contributed by atoms with van der Waals surface area (Å²) >= 11 is 5.98. The summed E-state index contributed by atoms with van der Waals surface area (Å²) in [5.74, 6) is 0.867. The molecule has 1 aromatic carbocycles. The number of benzene rings is 1. The maximum Gasteiger partial charge on any atom is 0.0408 e. The van der Waals surface area contributed by atoms with E-state index in [1.54, 1.807) is 0 Å². The van der Waals surface area contributed by atoms with Gasteiger partial charge in [-0.2, -0.15) is 0 Å². The van der Waals surface area contributed by atoms with Crippen molar-refractivity contribution in [2.75, 3.05) is 13.1 Å². The fourth-order valence-electron chi connectivity index (χ4n) is 2.59. The number of piperidine rings is 1. The van der Waals surface area contributed by atoms with Gasteiger partial charge < -0.3 is 5.32 Å². The Morgan fingerprint density at radius 3 is 2.86 bits per heavy atom. The van der Waals surface area contributed by atoms with Crippen molar-refractivity contribution in [2.45, 2.75) is 11.8 Å². The lowest BCUT2D eigenvalue weighted by Crippen LogP contribution is -2.19. The molecular weight excluding hydrogens is 217 g/mol. The Labute approximate surface area is 95.3 Å². The maximum atomic E-state index is 5.98.